The van der Waals surface area contributed by atoms with Crippen LogP contribution in [0.1, 0.15) is 18.0 Å². The first-order valence-corrected chi connectivity index (χ1v) is 8.60. The Labute approximate surface area is 150 Å². The van der Waals surface area contributed by atoms with E-state index in [1.807, 2.05) is 35.8 Å². The molecule has 1 aromatic carbocycles. The van der Waals surface area contributed by atoms with Crippen LogP contribution in [0.4, 0.5) is 11.5 Å². The van der Waals surface area contributed by atoms with Gasteiger partial charge in [0.1, 0.15) is 5.82 Å². The molecular weight excluding hydrogens is 340 g/mol. The Bertz CT molecular complexity index is 1000. The summed E-state index contributed by atoms with van der Waals surface area (Å²) in [6.45, 7) is 3.25. The summed E-state index contributed by atoms with van der Waals surface area (Å²) in [5.41, 5.74) is 3.61. The largest absolute Gasteiger partial charge is 0.379 e. The predicted octanol–water partition coefficient (Wildman–Crippen LogP) is 3.40. The number of aryl methyl sites for hydroxylation is 2. The van der Waals surface area contributed by atoms with Gasteiger partial charge in [0, 0.05) is 30.4 Å². The number of hydrogen-bond acceptors (Lipinski definition) is 4. The van der Waals surface area contributed by atoms with Gasteiger partial charge < -0.3 is 10.1 Å². The summed E-state index contributed by atoms with van der Waals surface area (Å²) >= 11 is 6.02. The van der Waals surface area contributed by atoms with Crippen molar-refractivity contribution in [2.24, 2.45) is 7.05 Å². The Morgan fingerprint density at radius 2 is 2.16 bits per heavy atom. The Morgan fingerprint density at radius 3 is 2.88 bits per heavy atom. The van der Waals surface area contributed by atoms with Crippen LogP contribution >= 0.6 is 11.6 Å². The molecule has 25 heavy (non-hydrogen) atoms. The molecule has 0 saturated carbocycles. The van der Waals surface area contributed by atoms with Crippen molar-refractivity contribution < 1.29 is 4.74 Å². The number of nitrogens with one attached hydrogen (secondary N) is 1. The van der Waals surface area contributed by atoms with Crippen molar-refractivity contribution in [3.8, 4) is 0 Å². The number of halogens is 1. The molecule has 0 amide bonds. The maximum Gasteiger partial charge on any atom is 0.329 e. The Balaban J connectivity index is 1.79. The second-order valence-corrected chi connectivity index (χ2v) is 6.81. The van der Waals surface area contributed by atoms with E-state index in [0.717, 1.165) is 28.7 Å². The van der Waals surface area contributed by atoms with Crippen molar-refractivity contribution in [2.75, 3.05) is 18.5 Å². The minimum absolute atomic E-state index is 0.0351. The maximum atomic E-state index is 12.6. The number of fused-ring (bicyclic) bond motifs is 1. The van der Waals surface area contributed by atoms with Gasteiger partial charge in [-0.1, -0.05) is 11.6 Å². The van der Waals surface area contributed by atoms with Gasteiger partial charge in [-0.2, -0.15) is 0 Å². The fraction of sp³-hybridized carbons (Fsp3) is 0.333. The Kier molecular flexibility index (Phi) is 4.01. The van der Waals surface area contributed by atoms with E-state index < -0.39 is 0 Å². The molecule has 7 heteroatoms. The highest BCUT2D eigenvalue weighted by Crippen LogP contribution is 2.27. The van der Waals surface area contributed by atoms with E-state index in [9.17, 15) is 4.79 Å². The molecule has 1 unspecified atom stereocenters. The molecule has 6 nitrogen and oxygen atoms in total. The average molecular weight is 359 g/mol. The molecule has 1 fully saturated rings. The summed E-state index contributed by atoms with van der Waals surface area (Å²) in [5.74, 6) is 0.691. The van der Waals surface area contributed by atoms with E-state index in [1.54, 1.807) is 17.8 Å². The van der Waals surface area contributed by atoms with Crippen molar-refractivity contribution in [2.45, 2.75) is 19.4 Å². The van der Waals surface area contributed by atoms with Crippen molar-refractivity contribution in [1.29, 1.82) is 0 Å². The van der Waals surface area contributed by atoms with Gasteiger partial charge in [0.05, 0.1) is 29.9 Å². The maximum absolute atomic E-state index is 12.6. The van der Waals surface area contributed by atoms with Crippen LogP contribution in [0.3, 0.4) is 0 Å². The number of rotatable bonds is 3. The molecule has 0 spiro atoms. The monoisotopic (exact) mass is 358 g/mol. The first-order valence-electron chi connectivity index (χ1n) is 8.22. The highest BCUT2D eigenvalue weighted by molar-refractivity contribution is 6.30. The number of imidazole rings is 1. The van der Waals surface area contributed by atoms with E-state index in [-0.39, 0.29) is 11.7 Å². The quantitative estimate of drug-likeness (QED) is 0.779. The fourth-order valence-corrected chi connectivity index (χ4v) is 3.54. The molecule has 1 atom stereocenters. The van der Waals surface area contributed by atoms with E-state index in [4.69, 9.17) is 16.3 Å². The molecule has 3 heterocycles. The summed E-state index contributed by atoms with van der Waals surface area (Å²) in [4.78, 5) is 17.1. The van der Waals surface area contributed by atoms with Crippen molar-refractivity contribution >= 4 is 34.1 Å². The molecular formula is C18H19ClN4O2. The van der Waals surface area contributed by atoms with Crippen LogP contribution in [-0.2, 0) is 11.8 Å². The second kappa shape index (κ2) is 6.20. The van der Waals surface area contributed by atoms with Crippen molar-refractivity contribution in [1.82, 2.24) is 14.1 Å². The van der Waals surface area contributed by atoms with Gasteiger partial charge in [-0.25, -0.2) is 9.78 Å². The van der Waals surface area contributed by atoms with Gasteiger partial charge in [-0.15, -0.1) is 0 Å². The van der Waals surface area contributed by atoms with Gasteiger partial charge >= 0.3 is 5.69 Å². The average Bonchev–Trinajstić information content (AvgIpc) is 3.18. The van der Waals surface area contributed by atoms with E-state index >= 15 is 0 Å². The van der Waals surface area contributed by atoms with Gasteiger partial charge in [0.25, 0.3) is 0 Å². The summed E-state index contributed by atoms with van der Waals surface area (Å²) in [5, 5.41) is 4.01. The van der Waals surface area contributed by atoms with Crippen LogP contribution in [-0.4, -0.2) is 27.3 Å². The summed E-state index contributed by atoms with van der Waals surface area (Å²) in [7, 11) is 1.77. The SMILES string of the molecule is Cc1cc(Cl)ccc1Nc1cc2c(cn1)n(C)c(=O)n2C1CCOC1. The van der Waals surface area contributed by atoms with Gasteiger partial charge in [-0.05, 0) is 37.1 Å². The summed E-state index contributed by atoms with van der Waals surface area (Å²) in [6, 6.07) is 7.65. The highest BCUT2D eigenvalue weighted by atomic mass is 35.5. The lowest BCUT2D eigenvalue weighted by Crippen LogP contribution is -2.26. The lowest BCUT2D eigenvalue weighted by Gasteiger charge is -2.12. The van der Waals surface area contributed by atoms with Crippen LogP contribution < -0.4 is 11.0 Å². The van der Waals surface area contributed by atoms with Crippen LogP contribution in [0.15, 0.2) is 35.3 Å². The minimum Gasteiger partial charge on any atom is -0.379 e. The number of benzene rings is 1. The number of hydrogen-bond donors (Lipinski definition) is 1. The first kappa shape index (κ1) is 16.2. The zero-order valence-corrected chi connectivity index (χ0v) is 14.9. The summed E-state index contributed by atoms with van der Waals surface area (Å²) in [6.07, 6.45) is 2.58. The van der Waals surface area contributed by atoms with E-state index in [0.29, 0.717) is 24.1 Å². The number of anilines is 2. The Hall–Kier alpha value is -2.31. The molecule has 1 aliphatic rings. The molecule has 0 aliphatic carbocycles. The third kappa shape index (κ3) is 2.81. The van der Waals surface area contributed by atoms with Crippen LogP contribution in [0.25, 0.3) is 11.0 Å². The molecule has 0 bridgehead atoms. The first-order chi connectivity index (χ1) is 12.0. The highest BCUT2D eigenvalue weighted by Gasteiger charge is 2.23. The third-order valence-electron chi connectivity index (χ3n) is 4.70. The van der Waals surface area contributed by atoms with Crippen molar-refractivity contribution in [3.63, 3.8) is 0 Å². The smallest absolute Gasteiger partial charge is 0.329 e. The van der Waals surface area contributed by atoms with Crippen molar-refractivity contribution in [3.05, 3.63) is 51.5 Å². The molecule has 1 saturated heterocycles. The molecule has 2 aromatic heterocycles. The molecule has 130 valence electrons. The third-order valence-corrected chi connectivity index (χ3v) is 4.93. The molecule has 3 aromatic rings. The topological polar surface area (TPSA) is 61.1 Å². The second-order valence-electron chi connectivity index (χ2n) is 6.37. The molecule has 0 radical (unpaired) electrons. The van der Waals surface area contributed by atoms with E-state index in [1.165, 1.54) is 0 Å². The van der Waals surface area contributed by atoms with Crippen LogP contribution in [0.5, 0.6) is 0 Å². The zero-order chi connectivity index (χ0) is 17.6. The number of aromatic nitrogens is 3. The van der Waals surface area contributed by atoms with Gasteiger partial charge in [-0.3, -0.25) is 9.13 Å². The fourth-order valence-electron chi connectivity index (χ4n) is 3.31. The number of ether oxygens (including phenoxy) is 1. The zero-order valence-electron chi connectivity index (χ0n) is 14.1. The Morgan fingerprint density at radius 1 is 1.32 bits per heavy atom. The normalized spacial score (nSPS) is 17.3. The number of pyridine rings is 1. The molecule has 1 aliphatic heterocycles. The number of nitrogens with zero attached hydrogens (tertiary/aromatic N) is 3. The van der Waals surface area contributed by atoms with Gasteiger partial charge in [0.15, 0.2) is 0 Å². The van der Waals surface area contributed by atoms with Gasteiger partial charge in [0.2, 0.25) is 0 Å². The molecule has 4 rings (SSSR count). The molecule has 1 N–H and O–H groups in total. The lowest BCUT2D eigenvalue weighted by molar-refractivity contribution is 0.186. The lowest BCUT2D eigenvalue weighted by atomic mass is 10.2. The van der Waals surface area contributed by atoms with Crippen LogP contribution in [0.2, 0.25) is 5.02 Å². The standard InChI is InChI=1S/C18H19ClN4O2/c1-11-7-12(19)3-4-14(11)21-17-8-15-16(9-20-17)22(2)18(24)23(15)13-5-6-25-10-13/h3-4,7-9,13H,5-6,10H2,1-2H3,(H,20,21). The van der Waals surface area contributed by atoms with E-state index in [2.05, 4.69) is 10.3 Å². The predicted molar refractivity (Wildman–Crippen MR) is 98.9 cm³/mol. The summed E-state index contributed by atoms with van der Waals surface area (Å²) < 4.78 is 8.92. The minimum atomic E-state index is -0.0351. The van der Waals surface area contributed by atoms with Crippen LogP contribution in [0, 0.1) is 6.92 Å².